The van der Waals surface area contributed by atoms with Crippen LogP contribution < -0.4 is 0 Å². The number of aliphatic hydroxyl groups excluding tert-OH is 5. The zero-order valence-corrected chi connectivity index (χ0v) is 12.7. The van der Waals surface area contributed by atoms with E-state index < -0.39 is 31.0 Å². The average Bonchev–Trinajstić information content (AvgIpc) is 2.52. The van der Waals surface area contributed by atoms with E-state index in [4.69, 9.17) is 5.11 Å². The smallest absolute Gasteiger partial charge is 0.111 e. The third-order valence-electron chi connectivity index (χ3n) is 3.46. The van der Waals surface area contributed by atoms with Crippen LogP contribution in [0, 0.1) is 0 Å². The summed E-state index contributed by atoms with van der Waals surface area (Å²) >= 11 is 0. The highest BCUT2D eigenvalue weighted by atomic mass is 16.4. The molecule has 124 valence electrons. The molecule has 0 fully saturated rings. The molecule has 1 aromatic carbocycles. The maximum absolute atomic E-state index is 9.92. The van der Waals surface area contributed by atoms with Gasteiger partial charge in [0.15, 0.2) is 0 Å². The van der Waals surface area contributed by atoms with E-state index in [-0.39, 0.29) is 6.54 Å². The molecule has 4 atom stereocenters. The first-order chi connectivity index (χ1) is 10.4. The summed E-state index contributed by atoms with van der Waals surface area (Å²) in [5, 5.41) is 47.3. The first-order valence-corrected chi connectivity index (χ1v) is 7.12. The lowest BCUT2D eigenvalue weighted by Crippen LogP contribution is -2.49. The maximum atomic E-state index is 9.92. The van der Waals surface area contributed by atoms with Gasteiger partial charge in [-0.15, -0.1) is 0 Å². The summed E-state index contributed by atoms with van der Waals surface area (Å²) < 4.78 is 0. The third-order valence-corrected chi connectivity index (χ3v) is 3.46. The Morgan fingerprint density at radius 3 is 2.36 bits per heavy atom. The normalized spacial score (nSPS) is 17.0. The largest absolute Gasteiger partial charge is 0.394 e. The number of likely N-dealkylation sites (N-methyl/N-ethyl adjacent to an activating group) is 1. The van der Waals surface area contributed by atoms with Crippen LogP contribution in [0.4, 0.5) is 0 Å². The number of benzene rings is 1. The second-order valence-corrected chi connectivity index (χ2v) is 5.44. The van der Waals surface area contributed by atoms with Gasteiger partial charge in [-0.25, -0.2) is 0 Å². The molecule has 0 aliphatic carbocycles. The molecule has 1 rings (SSSR count). The van der Waals surface area contributed by atoms with E-state index in [2.05, 4.69) is 6.58 Å². The molecule has 0 bridgehead atoms. The fourth-order valence-electron chi connectivity index (χ4n) is 2.19. The van der Waals surface area contributed by atoms with Gasteiger partial charge in [0.2, 0.25) is 0 Å². The minimum atomic E-state index is -1.60. The lowest BCUT2D eigenvalue weighted by molar-refractivity contribution is -0.118. The molecular formula is C16H25NO5. The van der Waals surface area contributed by atoms with E-state index >= 15 is 0 Å². The van der Waals surface area contributed by atoms with E-state index in [1.807, 2.05) is 24.3 Å². The number of aliphatic hydroxyl groups is 5. The van der Waals surface area contributed by atoms with Gasteiger partial charge in [0.1, 0.15) is 18.3 Å². The summed E-state index contributed by atoms with van der Waals surface area (Å²) in [6.45, 7) is 3.67. The third kappa shape index (κ3) is 5.49. The maximum Gasteiger partial charge on any atom is 0.111 e. The van der Waals surface area contributed by atoms with Crippen LogP contribution in [0.3, 0.4) is 0 Å². The minimum Gasteiger partial charge on any atom is -0.394 e. The first kappa shape index (κ1) is 18.8. The highest BCUT2D eigenvalue weighted by Gasteiger charge is 2.30. The van der Waals surface area contributed by atoms with Crippen molar-refractivity contribution in [3.63, 3.8) is 0 Å². The fraction of sp³-hybridized carbons (Fsp3) is 0.500. The highest BCUT2D eigenvalue weighted by molar-refractivity contribution is 5.47. The Kier molecular flexibility index (Phi) is 7.67. The van der Waals surface area contributed by atoms with Crippen LogP contribution in [0.1, 0.15) is 11.1 Å². The predicted octanol–water partition coefficient (Wildman–Crippen LogP) is -0.803. The van der Waals surface area contributed by atoms with Crippen LogP contribution in [-0.2, 0) is 6.54 Å². The molecule has 22 heavy (non-hydrogen) atoms. The monoisotopic (exact) mass is 311 g/mol. The van der Waals surface area contributed by atoms with Crippen molar-refractivity contribution >= 4 is 6.08 Å². The van der Waals surface area contributed by atoms with Crippen molar-refractivity contribution in [2.75, 3.05) is 20.2 Å². The van der Waals surface area contributed by atoms with E-state index in [1.54, 1.807) is 18.0 Å². The Hall–Kier alpha value is -1.28. The summed E-state index contributed by atoms with van der Waals surface area (Å²) in [5.74, 6) is 0. The number of hydrogen-bond acceptors (Lipinski definition) is 6. The fourth-order valence-corrected chi connectivity index (χ4v) is 2.19. The van der Waals surface area contributed by atoms with Crippen LogP contribution in [0.2, 0.25) is 0 Å². The molecule has 6 nitrogen and oxygen atoms in total. The molecule has 0 aliphatic rings. The van der Waals surface area contributed by atoms with Gasteiger partial charge >= 0.3 is 0 Å². The summed E-state index contributed by atoms with van der Waals surface area (Å²) in [7, 11) is 1.77. The standard InChI is InChI=1S/C16H25NO5/c1-3-11-5-4-6-12(7-11)8-17(2)9-13(19)15(21)16(22)14(20)10-18/h3-7,13-16,18-22H,1,8-10H2,2H3/t13-,14+,15+,16+/m0/s1. The molecule has 0 amide bonds. The van der Waals surface area contributed by atoms with Crippen LogP contribution in [-0.4, -0.2) is 75.0 Å². The van der Waals surface area contributed by atoms with Crippen molar-refractivity contribution in [2.24, 2.45) is 0 Å². The second-order valence-electron chi connectivity index (χ2n) is 5.44. The summed E-state index contributed by atoms with van der Waals surface area (Å²) in [5.41, 5.74) is 2.02. The van der Waals surface area contributed by atoms with Crippen molar-refractivity contribution < 1.29 is 25.5 Å². The molecule has 5 N–H and O–H groups in total. The minimum absolute atomic E-state index is 0.106. The number of rotatable bonds is 9. The van der Waals surface area contributed by atoms with Gasteiger partial charge in [0.25, 0.3) is 0 Å². The van der Waals surface area contributed by atoms with E-state index in [1.165, 1.54) is 0 Å². The predicted molar refractivity (Wildman–Crippen MR) is 84.0 cm³/mol. The van der Waals surface area contributed by atoms with Crippen LogP contribution in [0.5, 0.6) is 0 Å². The molecule has 0 heterocycles. The number of hydrogen-bond donors (Lipinski definition) is 5. The summed E-state index contributed by atoms with van der Waals surface area (Å²) in [6.07, 6.45) is -4.13. The molecule has 0 unspecified atom stereocenters. The zero-order chi connectivity index (χ0) is 16.7. The summed E-state index contributed by atoms with van der Waals surface area (Å²) in [6, 6.07) is 7.75. The Bertz CT molecular complexity index is 468. The van der Waals surface area contributed by atoms with Gasteiger partial charge in [-0.3, -0.25) is 4.90 Å². The topological polar surface area (TPSA) is 104 Å². The van der Waals surface area contributed by atoms with Gasteiger partial charge in [-0.2, -0.15) is 0 Å². The van der Waals surface area contributed by atoms with E-state index in [0.29, 0.717) is 6.54 Å². The van der Waals surface area contributed by atoms with Crippen molar-refractivity contribution in [1.82, 2.24) is 4.90 Å². The Morgan fingerprint density at radius 2 is 1.77 bits per heavy atom. The van der Waals surface area contributed by atoms with Gasteiger partial charge in [-0.1, -0.05) is 36.9 Å². The molecule has 0 aromatic heterocycles. The van der Waals surface area contributed by atoms with Crippen LogP contribution >= 0.6 is 0 Å². The van der Waals surface area contributed by atoms with Gasteiger partial charge in [0, 0.05) is 13.1 Å². The second kappa shape index (κ2) is 8.99. The summed E-state index contributed by atoms with van der Waals surface area (Å²) in [4.78, 5) is 1.79. The Labute approximate surface area is 130 Å². The molecule has 0 radical (unpaired) electrons. The van der Waals surface area contributed by atoms with Crippen molar-refractivity contribution in [3.8, 4) is 0 Å². The van der Waals surface area contributed by atoms with E-state index in [9.17, 15) is 20.4 Å². The Morgan fingerprint density at radius 1 is 1.14 bits per heavy atom. The molecular weight excluding hydrogens is 286 g/mol. The van der Waals surface area contributed by atoms with E-state index in [0.717, 1.165) is 11.1 Å². The van der Waals surface area contributed by atoms with Crippen molar-refractivity contribution in [2.45, 2.75) is 31.0 Å². The van der Waals surface area contributed by atoms with Crippen molar-refractivity contribution in [3.05, 3.63) is 42.0 Å². The lowest BCUT2D eigenvalue weighted by atomic mass is 10.0. The molecule has 0 saturated carbocycles. The molecule has 0 spiro atoms. The SMILES string of the molecule is C=Cc1cccc(CN(C)C[C@H](O)[C@@H](O)[C@H](O)[C@H](O)CO)c1. The molecule has 0 saturated heterocycles. The highest BCUT2D eigenvalue weighted by Crippen LogP contribution is 2.11. The number of nitrogens with zero attached hydrogens (tertiary/aromatic N) is 1. The molecule has 0 aliphatic heterocycles. The molecule has 1 aromatic rings. The van der Waals surface area contributed by atoms with Crippen LogP contribution in [0.25, 0.3) is 6.08 Å². The first-order valence-electron chi connectivity index (χ1n) is 7.12. The Balaban J connectivity index is 2.56. The van der Waals surface area contributed by atoms with Gasteiger partial charge < -0.3 is 25.5 Å². The van der Waals surface area contributed by atoms with Crippen LogP contribution in [0.15, 0.2) is 30.8 Å². The van der Waals surface area contributed by atoms with Crippen molar-refractivity contribution in [1.29, 1.82) is 0 Å². The quantitative estimate of drug-likeness (QED) is 0.409. The zero-order valence-electron chi connectivity index (χ0n) is 12.7. The lowest BCUT2D eigenvalue weighted by Gasteiger charge is -2.28. The van der Waals surface area contributed by atoms with Gasteiger partial charge in [0.05, 0.1) is 12.7 Å². The average molecular weight is 311 g/mol. The molecule has 6 heteroatoms. The van der Waals surface area contributed by atoms with Gasteiger partial charge in [-0.05, 0) is 18.2 Å².